The number of nitrogens with one attached hydrogen (secondary N) is 1. The average Bonchev–Trinajstić information content (AvgIpc) is 2.34. The molecule has 0 spiro atoms. The molecule has 0 fully saturated rings. The zero-order valence-electron chi connectivity index (χ0n) is 9.75. The first-order valence-electron chi connectivity index (χ1n) is 5.35. The lowest BCUT2D eigenvalue weighted by Gasteiger charge is -2.17. The molecule has 1 aromatic carbocycles. The Hall–Kier alpha value is -1.92. The minimum absolute atomic E-state index is 0.00240. The quantitative estimate of drug-likeness (QED) is 0.251. The minimum Gasteiger partial charge on any atom is -0.409 e. The summed E-state index contributed by atoms with van der Waals surface area (Å²) in [6.45, 7) is 1.82. The second-order valence-electron chi connectivity index (χ2n) is 3.80. The lowest BCUT2D eigenvalue weighted by Crippen LogP contribution is -2.26. The van der Waals surface area contributed by atoms with Crippen molar-refractivity contribution in [3.63, 3.8) is 0 Å². The first-order chi connectivity index (χ1) is 8.47. The van der Waals surface area contributed by atoms with Gasteiger partial charge in [0.1, 0.15) is 5.84 Å². The number of amidine groups is 1. The number of anilines is 1. The third-order valence-corrected chi connectivity index (χ3v) is 2.43. The molecule has 18 heavy (non-hydrogen) atoms. The molecule has 1 atom stereocenters. The number of benzene rings is 1. The van der Waals surface area contributed by atoms with Crippen LogP contribution in [0.5, 0.6) is 0 Å². The number of oxime groups is 1. The van der Waals surface area contributed by atoms with Gasteiger partial charge >= 0.3 is 0 Å². The molecular weight excluding hydrogens is 247 g/mol. The lowest BCUT2D eigenvalue weighted by atomic mass is 10.1. The molecular formula is C11H14F3N3O. The van der Waals surface area contributed by atoms with Crippen LogP contribution in [0.1, 0.15) is 19.8 Å². The summed E-state index contributed by atoms with van der Waals surface area (Å²) in [4.78, 5) is 0. The SMILES string of the molecule is CCC(CC(N)=NO)Nc1cc(F)c(F)c(F)c1. The van der Waals surface area contributed by atoms with Crippen LogP contribution in [0, 0.1) is 17.5 Å². The van der Waals surface area contributed by atoms with E-state index in [0.29, 0.717) is 6.42 Å². The van der Waals surface area contributed by atoms with Gasteiger partial charge in [0.05, 0.1) is 0 Å². The molecule has 0 amide bonds. The first-order valence-corrected chi connectivity index (χ1v) is 5.35. The molecule has 100 valence electrons. The minimum atomic E-state index is -1.51. The van der Waals surface area contributed by atoms with Gasteiger partial charge in [0.2, 0.25) is 0 Å². The highest BCUT2D eigenvalue weighted by atomic mass is 19.2. The van der Waals surface area contributed by atoms with Crippen molar-refractivity contribution in [2.45, 2.75) is 25.8 Å². The van der Waals surface area contributed by atoms with E-state index in [9.17, 15) is 13.2 Å². The lowest BCUT2D eigenvalue weighted by molar-refractivity contribution is 0.316. The van der Waals surface area contributed by atoms with Crippen LogP contribution < -0.4 is 11.1 Å². The van der Waals surface area contributed by atoms with E-state index in [2.05, 4.69) is 10.5 Å². The summed E-state index contributed by atoms with van der Waals surface area (Å²) in [6.07, 6.45) is 0.782. The number of hydrogen-bond donors (Lipinski definition) is 3. The molecule has 0 heterocycles. The fourth-order valence-corrected chi connectivity index (χ4v) is 1.47. The Labute approximate surface area is 102 Å². The number of rotatable bonds is 5. The smallest absolute Gasteiger partial charge is 0.194 e. The molecule has 0 aliphatic carbocycles. The summed E-state index contributed by atoms with van der Waals surface area (Å²) >= 11 is 0. The van der Waals surface area contributed by atoms with E-state index in [-0.39, 0.29) is 24.0 Å². The van der Waals surface area contributed by atoms with Crippen molar-refractivity contribution < 1.29 is 18.4 Å². The van der Waals surface area contributed by atoms with Gasteiger partial charge in [-0.15, -0.1) is 0 Å². The van der Waals surface area contributed by atoms with Crippen LogP contribution in [-0.4, -0.2) is 17.1 Å². The summed E-state index contributed by atoms with van der Waals surface area (Å²) in [5.74, 6) is -4.05. The standard InChI is InChI=1S/C11H14F3N3O/c1-2-6(5-10(15)17-18)16-7-3-8(12)11(14)9(13)4-7/h3-4,6,16,18H,2,5H2,1H3,(H2,15,17). The van der Waals surface area contributed by atoms with Crippen LogP contribution in [0.4, 0.5) is 18.9 Å². The van der Waals surface area contributed by atoms with Gasteiger partial charge in [-0.2, -0.15) is 0 Å². The Morgan fingerprint density at radius 1 is 1.39 bits per heavy atom. The van der Waals surface area contributed by atoms with E-state index in [1.54, 1.807) is 0 Å². The van der Waals surface area contributed by atoms with E-state index in [1.165, 1.54) is 0 Å². The molecule has 0 radical (unpaired) electrons. The predicted octanol–water partition coefficient (Wildman–Crippen LogP) is 2.43. The van der Waals surface area contributed by atoms with Gasteiger partial charge in [0.25, 0.3) is 0 Å². The molecule has 0 aliphatic heterocycles. The second kappa shape index (κ2) is 6.13. The number of hydrogen-bond acceptors (Lipinski definition) is 3. The molecule has 7 heteroatoms. The van der Waals surface area contributed by atoms with Crippen LogP contribution in [0.2, 0.25) is 0 Å². The maximum absolute atomic E-state index is 13.0. The van der Waals surface area contributed by atoms with E-state index in [1.807, 2.05) is 6.92 Å². The van der Waals surface area contributed by atoms with Crippen molar-refractivity contribution in [1.82, 2.24) is 0 Å². The topological polar surface area (TPSA) is 70.6 Å². The fraction of sp³-hybridized carbons (Fsp3) is 0.364. The summed E-state index contributed by atoms with van der Waals surface area (Å²) < 4.78 is 38.7. The molecule has 0 saturated carbocycles. The van der Waals surface area contributed by atoms with Crippen LogP contribution in [0.25, 0.3) is 0 Å². The molecule has 1 aromatic rings. The molecule has 0 saturated heterocycles. The van der Waals surface area contributed by atoms with Crippen molar-refractivity contribution in [3.05, 3.63) is 29.6 Å². The third-order valence-electron chi connectivity index (χ3n) is 2.43. The van der Waals surface area contributed by atoms with E-state index < -0.39 is 17.5 Å². The van der Waals surface area contributed by atoms with Crippen molar-refractivity contribution >= 4 is 11.5 Å². The predicted molar refractivity (Wildman–Crippen MR) is 62.0 cm³/mol. The highest BCUT2D eigenvalue weighted by molar-refractivity contribution is 5.80. The highest BCUT2D eigenvalue weighted by Gasteiger charge is 2.14. The third kappa shape index (κ3) is 3.54. The Morgan fingerprint density at radius 2 is 1.94 bits per heavy atom. The Morgan fingerprint density at radius 3 is 2.39 bits per heavy atom. The molecule has 4 nitrogen and oxygen atoms in total. The summed E-state index contributed by atoms with van der Waals surface area (Å²) in [5, 5.41) is 14.0. The van der Waals surface area contributed by atoms with Crippen LogP contribution in [0.3, 0.4) is 0 Å². The molecule has 1 rings (SSSR count). The summed E-state index contributed by atoms with van der Waals surface area (Å²) in [6, 6.07) is 1.44. The highest BCUT2D eigenvalue weighted by Crippen LogP contribution is 2.19. The van der Waals surface area contributed by atoms with Crippen molar-refractivity contribution in [3.8, 4) is 0 Å². The van der Waals surface area contributed by atoms with Gasteiger partial charge in [-0.25, -0.2) is 13.2 Å². The van der Waals surface area contributed by atoms with Gasteiger partial charge in [-0.3, -0.25) is 0 Å². The van der Waals surface area contributed by atoms with Crippen LogP contribution >= 0.6 is 0 Å². The van der Waals surface area contributed by atoms with E-state index in [0.717, 1.165) is 12.1 Å². The number of nitrogens with zero attached hydrogens (tertiary/aromatic N) is 1. The van der Waals surface area contributed by atoms with Crippen molar-refractivity contribution in [1.29, 1.82) is 0 Å². The zero-order valence-corrected chi connectivity index (χ0v) is 9.75. The molecule has 1 unspecified atom stereocenters. The van der Waals surface area contributed by atoms with Gasteiger partial charge in [-0.05, 0) is 6.42 Å². The molecule has 0 aliphatic rings. The number of nitrogens with two attached hydrogens (primary N) is 1. The van der Waals surface area contributed by atoms with Crippen molar-refractivity contribution in [2.75, 3.05) is 5.32 Å². The Balaban J connectivity index is 2.82. The first kappa shape index (κ1) is 14.1. The molecule has 0 aromatic heterocycles. The van der Waals surface area contributed by atoms with Crippen LogP contribution in [-0.2, 0) is 0 Å². The zero-order chi connectivity index (χ0) is 13.7. The fourth-order valence-electron chi connectivity index (χ4n) is 1.47. The molecule has 4 N–H and O–H groups in total. The number of halogens is 3. The van der Waals surface area contributed by atoms with E-state index in [4.69, 9.17) is 10.9 Å². The largest absolute Gasteiger partial charge is 0.409 e. The second-order valence-corrected chi connectivity index (χ2v) is 3.80. The monoisotopic (exact) mass is 261 g/mol. The van der Waals surface area contributed by atoms with Crippen molar-refractivity contribution in [2.24, 2.45) is 10.9 Å². The average molecular weight is 261 g/mol. The van der Waals surface area contributed by atoms with Gasteiger partial charge in [0, 0.05) is 30.3 Å². The Bertz CT molecular complexity index is 428. The van der Waals surface area contributed by atoms with Crippen LogP contribution in [0.15, 0.2) is 17.3 Å². The normalized spacial score (nSPS) is 13.4. The summed E-state index contributed by atoms with van der Waals surface area (Å²) in [7, 11) is 0. The summed E-state index contributed by atoms with van der Waals surface area (Å²) in [5.41, 5.74) is 5.44. The Kier molecular flexibility index (Phi) is 4.82. The van der Waals surface area contributed by atoms with Gasteiger partial charge in [-0.1, -0.05) is 12.1 Å². The van der Waals surface area contributed by atoms with Gasteiger partial charge in [0.15, 0.2) is 17.5 Å². The maximum atomic E-state index is 13.0. The molecule has 0 bridgehead atoms. The maximum Gasteiger partial charge on any atom is 0.194 e. The van der Waals surface area contributed by atoms with Gasteiger partial charge < -0.3 is 16.3 Å². The van der Waals surface area contributed by atoms with E-state index >= 15 is 0 Å².